The smallest absolute Gasteiger partial charge is 0.308 e. The van der Waals surface area contributed by atoms with E-state index in [1.54, 1.807) is 6.92 Å². The Morgan fingerprint density at radius 1 is 0.875 bits per heavy atom. The topological polar surface area (TPSA) is 87.3 Å². The van der Waals surface area contributed by atoms with Crippen LogP contribution in [0.1, 0.15) is 11.1 Å². The van der Waals surface area contributed by atoms with Crippen molar-refractivity contribution in [3.8, 4) is 0 Å². The summed E-state index contributed by atoms with van der Waals surface area (Å²) in [6.45, 7) is 1.59. The molecule has 0 radical (unpaired) electrons. The Morgan fingerprint density at radius 2 is 1.47 bits per heavy atom. The highest BCUT2D eigenvalue weighted by atomic mass is 35.5. The monoisotopic (exact) mass is 483 g/mol. The first-order valence-electron chi connectivity index (χ1n) is 9.08. The molecule has 0 aliphatic heterocycles. The van der Waals surface area contributed by atoms with E-state index in [1.807, 2.05) is 0 Å². The molecule has 3 aromatic carbocycles. The van der Waals surface area contributed by atoms with Crippen molar-refractivity contribution in [2.45, 2.75) is 18.0 Å². The maximum absolute atomic E-state index is 12.8. The number of nitrogens with one attached hydrogen (secondary N) is 3. The number of halogens is 4. The number of benzene rings is 3. The fraction of sp³-hybridized carbons (Fsp3) is 0.0952. The number of sulfonamides is 1. The van der Waals surface area contributed by atoms with Crippen LogP contribution < -0.4 is 15.4 Å². The van der Waals surface area contributed by atoms with Crippen LogP contribution in [-0.4, -0.2) is 14.4 Å². The molecule has 168 valence electrons. The van der Waals surface area contributed by atoms with Gasteiger partial charge in [0.25, 0.3) is 10.0 Å². The van der Waals surface area contributed by atoms with Crippen molar-refractivity contribution in [2.75, 3.05) is 15.4 Å². The molecule has 6 nitrogen and oxygen atoms in total. The molecular weight excluding hydrogens is 467 g/mol. The largest absolute Gasteiger partial charge is 0.416 e. The molecular formula is C21H17ClF3N3O3S. The maximum Gasteiger partial charge on any atom is 0.416 e. The van der Waals surface area contributed by atoms with Crippen LogP contribution in [0.5, 0.6) is 0 Å². The van der Waals surface area contributed by atoms with Gasteiger partial charge in [0.1, 0.15) is 0 Å². The number of amides is 2. The second kappa shape index (κ2) is 9.09. The number of urea groups is 1. The number of aryl methyl sites for hydroxylation is 1. The third kappa shape index (κ3) is 5.92. The van der Waals surface area contributed by atoms with E-state index in [0.29, 0.717) is 16.3 Å². The Bertz CT molecular complexity index is 1250. The lowest BCUT2D eigenvalue weighted by Crippen LogP contribution is -2.20. The quantitative estimate of drug-likeness (QED) is 0.409. The van der Waals surface area contributed by atoms with Crippen LogP contribution >= 0.6 is 11.6 Å². The predicted molar refractivity (Wildman–Crippen MR) is 118 cm³/mol. The molecule has 0 spiro atoms. The SMILES string of the molecule is Cc1ccc(NC(=O)Nc2cccc(C(F)(F)F)c2)cc1S(=O)(=O)Nc1ccc(Cl)cc1. The molecule has 0 aliphatic rings. The van der Waals surface area contributed by atoms with Gasteiger partial charge >= 0.3 is 12.2 Å². The van der Waals surface area contributed by atoms with Gasteiger partial charge in [0.2, 0.25) is 0 Å². The van der Waals surface area contributed by atoms with Gasteiger partial charge in [-0.05, 0) is 67.1 Å². The second-order valence-electron chi connectivity index (χ2n) is 6.75. The van der Waals surface area contributed by atoms with E-state index in [1.165, 1.54) is 48.5 Å². The molecule has 3 N–H and O–H groups in total. The summed E-state index contributed by atoms with van der Waals surface area (Å²) in [5, 5.41) is 5.16. The van der Waals surface area contributed by atoms with Crippen LogP contribution in [0.4, 0.5) is 35.0 Å². The zero-order valence-electron chi connectivity index (χ0n) is 16.5. The van der Waals surface area contributed by atoms with Gasteiger partial charge in [0.15, 0.2) is 0 Å². The average Bonchev–Trinajstić information content (AvgIpc) is 2.70. The number of alkyl halides is 3. The number of anilines is 3. The molecule has 0 atom stereocenters. The molecule has 0 saturated heterocycles. The average molecular weight is 484 g/mol. The van der Waals surface area contributed by atoms with Crippen LogP contribution in [0, 0.1) is 6.92 Å². The van der Waals surface area contributed by atoms with Crippen molar-refractivity contribution in [1.29, 1.82) is 0 Å². The number of rotatable bonds is 5. The summed E-state index contributed by atoms with van der Waals surface area (Å²) in [6.07, 6.45) is -4.55. The predicted octanol–water partition coefficient (Wildman–Crippen LogP) is 6.11. The summed E-state index contributed by atoms with van der Waals surface area (Å²) >= 11 is 5.80. The first kappa shape index (κ1) is 23.4. The van der Waals surface area contributed by atoms with Gasteiger partial charge in [-0.2, -0.15) is 13.2 Å². The fourth-order valence-electron chi connectivity index (χ4n) is 2.76. The molecule has 2 amide bonds. The lowest BCUT2D eigenvalue weighted by Gasteiger charge is -2.14. The molecule has 11 heteroatoms. The van der Waals surface area contributed by atoms with Gasteiger partial charge in [0.05, 0.1) is 10.5 Å². The standard InChI is InChI=1S/C21H17ClF3N3O3S/c1-13-5-8-18(12-19(13)32(30,31)28-16-9-6-15(22)7-10-16)27-20(29)26-17-4-2-3-14(11-17)21(23,24)25/h2-12,28H,1H3,(H2,26,27,29). The Balaban J connectivity index is 1.77. The number of hydrogen-bond acceptors (Lipinski definition) is 3. The van der Waals surface area contributed by atoms with E-state index >= 15 is 0 Å². The zero-order valence-corrected chi connectivity index (χ0v) is 18.1. The van der Waals surface area contributed by atoms with Crippen molar-refractivity contribution in [3.05, 3.63) is 82.9 Å². The van der Waals surface area contributed by atoms with E-state index in [4.69, 9.17) is 11.6 Å². The zero-order chi connectivity index (χ0) is 23.5. The number of carbonyl (C=O) groups is 1. The van der Waals surface area contributed by atoms with Crippen molar-refractivity contribution < 1.29 is 26.4 Å². The molecule has 0 aromatic heterocycles. The van der Waals surface area contributed by atoms with E-state index < -0.39 is 27.8 Å². The third-order valence-corrected chi connectivity index (χ3v) is 6.05. The van der Waals surface area contributed by atoms with Gasteiger partial charge in [-0.15, -0.1) is 0 Å². The Labute approximate surface area is 187 Å². The molecule has 0 heterocycles. The van der Waals surface area contributed by atoms with Gasteiger partial charge in [0, 0.05) is 22.1 Å². The first-order valence-corrected chi connectivity index (χ1v) is 10.9. The lowest BCUT2D eigenvalue weighted by molar-refractivity contribution is -0.137. The van der Waals surface area contributed by atoms with Crippen LogP contribution in [0.3, 0.4) is 0 Å². The van der Waals surface area contributed by atoms with Gasteiger partial charge in [-0.1, -0.05) is 23.7 Å². The second-order valence-corrected chi connectivity index (χ2v) is 8.84. The van der Waals surface area contributed by atoms with Gasteiger partial charge < -0.3 is 10.6 Å². The lowest BCUT2D eigenvalue weighted by atomic mass is 10.2. The van der Waals surface area contributed by atoms with Crippen LogP contribution in [0.25, 0.3) is 0 Å². The maximum atomic E-state index is 12.8. The minimum absolute atomic E-state index is 0.0679. The van der Waals surface area contributed by atoms with Crippen molar-refractivity contribution in [1.82, 2.24) is 0 Å². The van der Waals surface area contributed by atoms with Crippen molar-refractivity contribution >= 4 is 44.7 Å². The normalized spacial score (nSPS) is 11.7. The van der Waals surface area contributed by atoms with Crippen LogP contribution in [-0.2, 0) is 16.2 Å². The fourth-order valence-corrected chi connectivity index (χ4v) is 4.22. The number of hydrogen-bond donors (Lipinski definition) is 3. The van der Waals surface area contributed by atoms with E-state index in [9.17, 15) is 26.4 Å². The van der Waals surface area contributed by atoms with E-state index in [-0.39, 0.29) is 16.3 Å². The molecule has 0 fully saturated rings. The summed E-state index contributed by atoms with van der Waals surface area (Å²) in [6, 6.07) is 13.6. The number of carbonyl (C=O) groups excluding carboxylic acids is 1. The van der Waals surface area contributed by atoms with E-state index in [2.05, 4.69) is 15.4 Å². The highest BCUT2D eigenvalue weighted by Gasteiger charge is 2.30. The summed E-state index contributed by atoms with van der Waals surface area (Å²) in [5.74, 6) is 0. The third-order valence-electron chi connectivity index (χ3n) is 4.28. The minimum Gasteiger partial charge on any atom is -0.308 e. The highest BCUT2D eigenvalue weighted by molar-refractivity contribution is 7.92. The molecule has 0 unspecified atom stereocenters. The summed E-state index contributed by atoms with van der Waals surface area (Å²) in [7, 11) is -3.99. The molecule has 0 aliphatic carbocycles. The minimum atomic E-state index is -4.55. The summed E-state index contributed by atoms with van der Waals surface area (Å²) in [4.78, 5) is 12.2. The summed E-state index contributed by atoms with van der Waals surface area (Å²) < 4.78 is 66.5. The van der Waals surface area contributed by atoms with Crippen LogP contribution in [0.2, 0.25) is 5.02 Å². The first-order chi connectivity index (χ1) is 14.9. The summed E-state index contributed by atoms with van der Waals surface area (Å²) in [5.41, 5.74) is -0.115. The highest BCUT2D eigenvalue weighted by Crippen LogP contribution is 2.31. The molecule has 3 aromatic rings. The Kier molecular flexibility index (Phi) is 6.65. The van der Waals surface area contributed by atoms with Crippen molar-refractivity contribution in [2.24, 2.45) is 0 Å². The van der Waals surface area contributed by atoms with E-state index in [0.717, 1.165) is 18.2 Å². The van der Waals surface area contributed by atoms with Gasteiger partial charge in [-0.25, -0.2) is 13.2 Å². The molecule has 32 heavy (non-hydrogen) atoms. The Hall–Kier alpha value is -3.24. The molecule has 0 saturated carbocycles. The van der Waals surface area contributed by atoms with Crippen molar-refractivity contribution in [3.63, 3.8) is 0 Å². The molecule has 0 bridgehead atoms. The molecule has 3 rings (SSSR count). The Morgan fingerprint density at radius 3 is 2.09 bits per heavy atom. The van der Waals surface area contributed by atoms with Gasteiger partial charge in [-0.3, -0.25) is 4.72 Å². The van der Waals surface area contributed by atoms with Crippen LogP contribution in [0.15, 0.2) is 71.6 Å².